The van der Waals surface area contributed by atoms with Crippen LogP contribution in [0.5, 0.6) is 11.5 Å². The Kier molecular flexibility index (Phi) is 7.23. The van der Waals surface area contributed by atoms with E-state index in [1.807, 2.05) is 24.3 Å². The lowest BCUT2D eigenvalue weighted by Gasteiger charge is -2.14. The molecule has 0 aromatic heterocycles. The van der Waals surface area contributed by atoms with E-state index in [1.165, 1.54) is 12.7 Å². The van der Waals surface area contributed by atoms with E-state index in [0.29, 0.717) is 22.7 Å². The van der Waals surface area contributed by atoms with E-state index in [4.69, 9.17) is 14.2 Å². The molecule has 0 bridgehead atoms. The van der Waals surface area contributed by atoms with Gasteiger partial charge in [0.15, 0.2) is 17.6 Å². The summed E-state index contributed by atoms with van der Waals surface area (Å²) in [6.45, 7) is 3.61. The fourth-order valence-corrected chi connectivity index (χ4v) is 2.52. The molecular weight excluding hydrogens is 346 g/mol. The van der Waals surface area contributed by atoms with Gasteiger partial charge in [-0.25, -0.2) is 0 Å². The molecule has 1 atom stereocenters. The molecule has 0 radical (unpaired) electrons. The van der Waals surface area contributed by atoms with Crippen molar-refractivity contribution >= 4 is 17.6 Å². The Balaban J connectivity index is 1.91. The van der Waals surface area contributed by atoms with E-state index >= 15 is 0 Å². The fourth-order valence-electron chi connectivity index (χ4n) is 2.52. The summed E-state index contributed by atoms with van der Waals surface area (Å²) in [7, 11) is 3.07. The molecule has 1 N–H and O–H groups in total. The molecule has 6 nitrogen and oxygen atoms in total. The normalized spacial score (nSPS) is 11.4. The minimum absolute atomic E-state index is 0.0309. The standard InChI is InChI=1S/C21H25NO5/c1-5-15-6-9-17(10-7-15)22-21(24)14(2)27-20(23)13-16-8-11-18(25-3)19(12-16)26-4/h6-12,14H,5,13H2,1-4H3,(H,22,24)/t14-/m0/s1. The zero-order valence-electron chi connectivity index (χ0n) is 16.1. The Morgan fingerprint density at radius 2 is 1.59 bits per heavy atom. The number of amides is 1. The van der Waals surface area contributed by atoms with Crippen molar-refractivity contribution in [3.05, 3.63) is 53.6 Å². The molecule has 1 amide bonds. The Morgan fingerprint density at radius 3 is 2.19 bits per heavy atom. The molecule has 0 aliphatic rings. The van der Waals surface area contributed by atoms with E-state index in [1.54, 1.807) is 32.2 Å². The SMILES string of the molecule is CCc1ccc(NC(=O)[C@H](C)OC(=O)Cc2ccc(OC)c(OC)c2)cc1. The molecule has 144 valence electrons. The maximum absolute atomic E-state index is 12.2. The van der Waals surface area contributed by atoms with Crippen molar-refractivity contribution in [3.63, 3.8) is 0 Å². The summed E-state index contributed by atoms with van der Waals surface area (Å²) in [5.74, 6) is 0.242. The highest BCUT2D eigenvalue weighted by Crippen LogP contribution is 2.27. The van der Waals surface area contributed by atoms with Crippen LogP contribution < -0.4 is 14.8 Å². The van der Waals surface area contributed by atoms with E-state index in [2.05, 4.69) is 12.2 Å². The zero-order valence-corrected chi connectivity index (χ0v) is 16.1. The lowest BCUT2D eigenvalue weighted by Crippen LogP contribution is -2.30. The first-order valence-electron chi connectivity index (χ1n) is 8.77. The monoisotopic (exact) mass is 371 g/mol. The quantitative estimate of drug-likeness (QED) is 0.720. The van der Waals surface area contributed by atoms with Crippen molar-refractivity contribution in [1.29, 1.82) is 0 Å². The maximum atomic E-state index is 12.2. The van der Waals surface area contributed by atoms with E-state index < -0.39 is 12.1 Å². The van der Waals surface area contributed by atoms with Crippen molar-refractivity contribution < 1.29 is 23.8 Å². The number of benzene rings is 2. The van der Waals surface area contributed by atoms with Gasteiger partial charge >= 0.3 is 5.97 Å². The Bertz CT molecular complexity index is 786. The van der Waals surface area contributed by atoms with Crippen LogP contribution in [0.15, 0.2) is 42.5 Å². The summed E-state index contributed by atoms with van der Waals surface area (Å²) in [6, 6.07) is 12.7. The first-order chi connectivity index (χ1) is 13.0. The number of hydrogen-bond acceptors (Lipinski definition) is 5. The van der Waals surface area contributed by atoms with Crippen molar-refractivity contribution in [1.82, 2.24) is 0 Å². The number of ether oxygens (including phenoxy) is 3. The molecule has 6 heteroatoms. The zero-order chi connectivity index (χ0) is 19.8. The lowest BCUT2D eigenvalue weighted by atomic mass is 10.1. The number of carbonyl (C=O) groups is 2. The second-order valence-electron chi connectivity index (χ2n) is 6.04. The number of rotatable bonds is 8. The maximum Gasteiger partial charge on any atom is 0.311 e. The summed E-state index contributed by atoms with van der Waals surface area (Å²) in [5.41, 5.74) is 2.56. The van der Waals surface area contributed by atoms with Crippen LogP contribution in [0.1, 0.15) is 25.0 Å². The number of methoxy groups -OCH3 is 2. The third-order valence-corrected chi connectivity index (χ3v) is 4.10. The van der Waals surface area contributed by atoms with E-state index in [9.17, 15) is 9.59 Å². The lowest BCUT2D eigenvalue weighted by molar-refractivity contribution is -0.152. The summed E-state index contributed by atoms with van der Waals surface area (Å²) in [4.78, 5) is 24.4. The van der Waals surface area contributed by atoms with Crippen LogP contribution in [0.25, 0.3) is 0 Å². The van der Waals surface area contributed by atoms with Gasteiger partial charge in [-0.05, 0) is 48.7 Å². The Hall–Kier alpha value is -3.02. The van der Waals surface area contributed by atoms with Crippen LogP contribution in [-0.2, 0) is 27.2 Å². The van der Waals surface area contributed by atoms with Gasteiger partial charge in [-0.2, -0.15) is 0 Å². The van der Waals surface area contributed by atoms with Gasteiger partial charge in [0.1, 0.15) is 0 Å². The van der Waals surface area contributed by atoms with Crippen LogP contribution in [-0.4, -0.2) is 32.2 Å². The Labute approximate surface area is 159 Å². The minimum Gasteiger partial charge on any atom is -0.493 e. The molecule has 0 aliphatic heterocycles. The highest BCUT2D eigenvalue weighted by atomic mass is 16.5. The van der Waals surface area contributed by atoms with Gasteiger partial charge in [0.05, 0.1) is 20.6 Å². The fraction of sp³-hybridized carbons (Fsp3) is 0.333. The molecule has 2 aromatic rings. The Morgan fingerprint density at radius 1 is 0.963 bits per heavy atom. The highest BCUT2D eigenvalue weighted by Gasteiger charge is 2.18. The van der Waals surface area contributed by atoms with Gasteiger partial charge in [0.25, 0.3) is 5.91 Å². The average molecular weight is 371 g/mol. The molecule has 0 heterocycles. The van der Waals surface area contributed by atoms with Crippen molar-refractivity contribution in [2.75, 3.05) is 19.5 Å². The number of aryl methyl sites for hydroxylation is 1. The van der Waals surface area contributed by atoms with Crippen molar-refractivity contribution in [3.8, 4) is 11.5 Å². The summed E-state index contributed by atoms with van der Waals surface area (Å²) in [5, 5.41) is 2.74. The number of carbonyl (C=O) groups excluding carboxylic acids is 2. The van der Waals surface area contributed by atoms with Gasteiger partial charge in [0.2, 0.25) is 0 Å². The molecule has 2 aromatic carbocycles. The molecule has 0 saturated heterocycles. The largest absolute Gasteiger partial charge is 0.493 e. The minimum atomic E-state index is -0.900. The number of esters is 1. The van der Waals surface area contributed by atoms with Crippen LogP contribution in [0.2, 0.25) is 0 Å². The first kappa shape index (κ1) is 20.3. The summed E-state index contributed by atoms with van der Waals surface area (Å²) in [6.07, 6.45) is 0.0603. The van der Waals surface area contributed by atoms with Crippen molar-refractivity contribution in [2.24, 2.45) is 0 Å². The predicted molar refractivity (Wildman–Crippen MR) is 103 cm³/mol. The van der Waals surface area contributed by atoms with Crippen LogP contribution in [0.4, 0.5) is 5.69 Å². The topological polar surface area (TPSA) is 73.9 Å². The molecule has 0 aliphatic carbocycles. The smallest absolute Gasteiger partial charge is 0.311 e. The second kappa shape index (κ2) is 9.62. The summed E-state index contributed by atoms with van der Waals surface area (Å²) >= 11 is 0. The molecule has 0 unspecified atom stereocenters. The van der Waals surface area contributed by atoms with E-state index in [0.717, 1.165) is 6.42 Å². The van der Waals surface area contributed by atoms with Crippen LogP contribution >= 0.6 is 0 Å². The van der Waals surface area contributed by atoms with Crippen molar-refractivity contribution in [2.45, 2.75) is 32.8 Å². The molecule has 0 fully saturated rings. The molecule has 0 spiro atoms. The van der Waals surface area contributed by atoms with Gasteiger partial charge in [-0.1, -0.05) is 25.1 Å². The molecule has 27 heavy (non-hydrogen) atoms. The van der Waals surface area contributed by atoms with Gasteiger partial charge < -0.3 is 19.5 Å². The second-order valence-corrected chi connectivity index (χ2v) is 6.04. The van der Waals surface area contributed by atoms with Crippen LogP contribution in [0.3, 0.4) is 0 Å². The predicted octanol–water partition coefficient (Wildman–Crippen LogP) is 3.38. The van der Waals surface area contributed by atoms with E-state index in [-0.39, 0.29) is 12.3 Å². The van der Waals surface area contributed by atoms with Gasteiger partial charge in [0, 0.05) is 5.69 Å². The van der Waals surface area contributed by atoms with Gasteiger partial charge in [-0.15, -0.1) is 0 Å². The first-order valence-corrected chi connectivity index (χ1v) is 8.77. The molecular formula is C21H25NO5. The number of anilines is 1. The number of nitrogens with one attached hydrogen (secondary N) is 1. The van der Waals surface area contributed by atoms with Crippen LogP contribution in [0, 0.1) is 0 Å². The molecule has 2 rings (SSSR count). The highest BCUT2D eigenvalue weighted by molar-refractivity contribution is 5.95. The molecule has 0 saturated carbocycles. The third kappa shape index (κ3) is 5.74. The number of hydrogen-bond donors (Lipinski definition) is 1. The average Bonchev–Trinajstić information content (AvgIpc) is 2.68. The summed E-state index contributed by atoms with van der Waals surface area (Å²) < 4.78 is 15.6. The van der Waals surface area contributed by atoms with Gasteiger partial charge in [-0.3, -0.25) is 9.59 Å². The third-order valence-electron chi connectivity index (χ3n) is 4.10.